The van der Waals surface area contributed by atoms with Crippen molar-refractivity contribution in [2.24, 2.45) is 7.05 Å². The first-order valence-corrected chi connectivity index (χ1v) is 8.90. The highest BCUT2D eigenvalue weighted by Crippen LogP contribution is 2.31. The van der Waals surface area contributed by atoms with Gasteiger partial charge in [-0.1, -0.05) is 18.0 Å². The number of aromatic amines is 1. The van der Waals surface area contributed by atoms with Gasteiger partial charge < -0.3 is 4.98 Å². The zero-order chi connectivity index (χ0) is 17.4. The molecule has 0 amide bonds. The van der Waals surface area contributed by atoms with Crippen LogP contribution < -0.4 is 5.56 Å². The molecule has 7 heteroatoms. The lowest BCUT2D eigenvalue weighted by molar-refractivity contribution is 0.130. The number of hydrogen-bond acceptors (Lipinski definition) is 4. The molecule has 1 fully saturated rings. The summed E-state index contributed by atoms with van der Waals surface area (Å²) in [4.78, 5) is 22.3. The van der Waals surface area contributed by atoms with Crippen LogP contribution in [0.2, 0.25) is 5.02 Å². The van der Waals surface area contributed by atoms with Crippen molar-refractivity contribution >= 4 is 22.5 Å². The van der Waals surface area contributed by atoms with Crippen LogP contribution >= 0.6 is 11.6 Å². The topological polar surface area (TPSA) is 66.8 Å². The smallest absolute Gasteiger partial charge is 0.258 e. The van der Waals surface area contributed by atoms with Gasteiger partial charge >= 0.3 is 0 Å². The predicted molar refractivity (Wildman–Crippen MR) is 97.6 cm³/mol. The number of rotatable bonds is 3. The van der Waals surface area contributed by atoms with Crippen molar-refractivity contribution in [3.8, 4) is 0 Å². The largest absolute Gasteiger partial charge is 0.309 e. The van der Waals surface area contributed by atoms with Gasteiger partial charge in [0.2, 0.25) is 0 Å². The lowest BCUT2D eigenvalue weighted by Gasteiger charge is -2.35. The number of nitrogens with one attached hydrogen (secondary N) is 1. The number of aromatic nitrogens is 4. The lowest BCUT2D eigenvalue weighted by atomic mass is 9.99. The Bertz CT molecular complexity index is 963. The number of piperidine rings is 1. The molecule has 0 aliphatic carbocycles. The summed E-state index contributed by atoms with van der Waals surface area (Å²) in [6.07, 6.45) is 5.28. The van der Waals surface area contributed by atoms with Crippen LogP contribution in [0.3, 0.4) is 0 Å². The van der Waals surface area contributed by atoms with Crippen LogP contribution in [0.1, 0.15) is 36.8 Å². The highest BCUT2D eigenvalue weighted by Gasteiger charge is 2.26. The highest BCUT2D eigenvalue weighted by molar-refractivity contribution is 6.31. The van der Waals surface area contributed by atoms with Crippen LogP contribution in [0.4, 0.5) is 0 Å². The molecule has 1 aliphatic rings. The zero-order valence-electron chi connectivity index (χ0n) is 14.1. The molecule has 0 spiro atoms. The average Bonchev–Trinajstić information content (AvgIpc) is 3.02. The second-order valence-corrected chi connectivity index (χ2v) is 6.97. The SMILES string of the molecule is Cn1nccc1C1CCCCN1Cc1nc2ccc(Cl)cc2c(=O)[nH]1. The summed E-state index contributed by atoms with van der Waals surface area (Å²) < 4.78 is 1.93. The normalized spacial score (nSPS) is 18.7. The van der Waals surface area contributed by atoms with Gasteiger partial charge in [-0.15, -0.1) is 0 Å². The third kappa shape index (κ3) is 3.19. The van der Waals surface area contributed by atoms with E-state index in [1.807, 2.05) is 17.9 Å². The van der Waals surface area contributed by atoms with Gasteiger partial charge in [0.25, 0.3) is 5.56 Å². The molecule has 2 aromatic heterocycles. The van der Waals surface area contributed by atoms with Crippen molar-refractivity contribution < 1.29 is 0 Å². The molecule has 4 rings (SSSR count). The van der Waals surface area contributed by atoms with Crippen molar-refractivity contribution in [3.05, 3.63) is 57.4 Å². The quantitative estimate of drug-likeness (QED) is 0.782. The van der Waals surface area contributed by atoms with Crippen molar-refractivity contribution in [3.63, 3.8) is 0 Å². The minimum absolute atomic E-state index is 0.142. The van der Waals surface area contributed by atoms with E-state index in [9.17, 15) is 4.79 Å². The van der Waals surface area contributed by atoms with E-state index in [1.54, 1.807) is 18.2 Å². The van der Waals surface area contributed by atoms with Crippen molar-refractivity contribution in [2.75, 3.05) is 6.54 Å². The fraction of sp³-hybridized carbons (Fsp3) is 0.389. The molecule has 1 saturated heterocycles. The van der Waals surface area contributed by atoms with Gasteiger partial charge in [0.05, 0.1) is 29.2 Å². The maximum Gasteiger partial charge on any atom is 0.258 e. The number of nitrogens with zero attached hydrogens (tertiary/aromatic N) is 4. The van der Waals surface area contributed by atoms with E-state index >= 15 is 0 Å². The number of H-pyrrole nitrogens is 1. The average molecular weight is 358 g/mol. The van der Waals surface area contributed by atoms with Crippen molar-refractivity contribution in [1.29, 1.82) is 0 Å². The van der Waals surface area contributed by atoms with E-state index in [0.29, 0.717) is 34.3 Å². The van der Waals surface area contributed by atoms with E-state index in [0.717, 1.165) is 19.4 Å². The molecule has 6 nitrogen and oxygen atoms in total. The molecule has 1 N–H and O–H groups in total. The Balaban J connectivity index is 1.66. The molecule has 0 saturated carbocycles. The molecular weight excluding hydrogens is 338 g/mol. The van der Waals surface area contributed by atoms with Gasteiger partial charge in [-0.2, -0.15) is 5.10 Å². The van der Waals surface area contributed by atoms with Crippen LogP contribution in [-0.4, -0.2) is 31.2 Å². The second-order valence-electron chi connectivity index (χ2n) is 6.54. The second kappa shape index (κ2) is 6.61. The Morgan fingerprint density at radius 1 is 1.32 bits per heavy atom. The zero-order valence-corrected chi connectivity index (χ0v) is 14.8. The first-order valence-electron chi connectivity index (χ1n) is 8.52. The standard InChI is InChI=1S/C18H20ClN5O/c1-23-15(7-8-20-23)16-4-2-3-9-24(16)11-17-21-14-6-5-12(19)10-13(14)18(25)22-17/h5-8,10,16H,2-4,9,11H2,1H3,(H,21,22,25). The Morgan fingerprint density at radius 3 is 3.00 bits per heavy atom. The molecular formula is C18H20ClN5O. The van der Waals surface area contributed by atoms with E-state index in [2.05, 4.69) is 26.0 Å². The molecule has 3 aromatic rings. The predicted octanol–water partition coefficient (Wildman–Crippen LogP) is 3.04. The summed E-state index contributed by atoms with van der Waals surface area (Å²) in [7, 11) is 1.97. The summed E-state index contributed by atoms with van der Waals surface area (Å²) in [6, 6.07) is 7.59. The van der Waals surface area contributed by atoms with Gasteiger partial charge in [-0.3, -0.25) is 14.4 Å². The minimum atomic E-state index is -0.142. The van der Waals surface area contributed by atoms with Crippen LogP contribution in [-0.2, 0) is 13.6 Å². The summed E-state index contributed by atoms with van der Waals surface area (Å²) in [5.41, 5.74) is 1.74. The molecule has 0 bridgehead atoms. The number of likely N-dealkylation sites (tertiary alicyclic amines) is 1. The maximum absolute atomic E-state index is 12.4. The minimum Gasteiger partial charge on any atom is -0.309 e. The number of fused-ring (bicyclic) bond motifs is 1. The number of aryl methyl sites for hydroxylation is 1. The fourth-order valence-electron chi connectivity index (χ4n) is 3.65. The maximum atomic E-state index is 12.4. The van der Waals surface area contributed by atoms with E-state index in [1.165, 1.54) is 12.1 Å². The molecule has 1 atom stereocenters. The van der Waals surface area contributed by atoms with Crippen molar-refractivity contribution in [2.45, 2.75) is 31.8 Å². The molecule has 1 unspecified atom stereocenters. The number of hydrogen-bond donors (Lipinski definition) is 1. The molecule has 0 radical (unpaired) electrons. The van der Waals surface area contributed by atoms with Crippen LogP contribution in [0.5, 0.6) is 0 Å². The van der Waals surface area contributed by atoms with Crippen LogP contribution in [0, 0.1) is 0 Å². The van der Waals surface area contributed by atoms with Gasteiger partial charge in [-0.05, 0) is 43.7 Å². The number of halogens is 1. The third-order valence-corrected chi connectivity index (χ3v) is 5.12. The van der Waals surface area contributed by atoms with Gasteiger partial charge in [0, 0.05) is 18.3 Å². The molecule has 3 heterocycles. The Morgan fingerprint density at radius 2 is 2.20 bits per heavy atom. The third-order valence-electron chi connectivity index (χ3n) is 4.88. The Labute approximate surface area is 150 Å². The summed E-state index contributed by atoms with van der Waals surface area (Å²) in [5.74, 6) is 0.689. The van der Waals surface area contributed by atoms with E-state index in [4.69, 9.17) is 11.6 Å². The Hall–Kier alpha value is -2.18. The molecule has 130 valence electrons. The van der Waals surface area contributed by atoms with Gasteiger partial charge in [0.1, 0.15) is 5.82 Å². The van der Waals surface area contributed by atoms with Gasteiger partial charge in [-0.25, -0.2) is 4.98 Å². The number of benzene rings is 1. The molecule has 25 heavy (non-hydrogen) atoms. The molecule has 1 aliphatic heterocycles. The highest BCUT2D eigenvalue weighted by atomic mass is 35.5. The van der Waals surface area contributed by atoms with Gasteiger partial charge in [0.15, 0.2) is 0 Å². The molecule has 1 aromatic carbocycles. The summed E-state index contributed by atoms with van der Waals surface area (Å²) in [6.45, 7) is 1.60. The summed E-state index contributed by atoms with van der Waals surface area (Å²) in [5, 5.41) is 5.37. The Kier molecular flexibility index (Phi) is 4.31. The first-order chi connectivity index (χ1) is 12.1. The lowest BCUT2D eigenvalue weighted by Crippen LogP contribution is -2.35. The fourth-order valence-corrected chi connectivity index (χ4v) is 3.82. The van der Waals surface area contributed by atoms with E-state index < -0.39 is 0 Å². The van der Waals surface area contributed by atoms with Crippen LogP contribution in [0.15, 0.2) is 35.3 Å². The van der Waals surface area contributed by atoms with E-state index in [-0.39, 0.29) is 5.56 Å². The monoisotopic (exact) mass is 357 g/mol. The first kappa shape index (κ1) is 16.3. The summed E-state index contributed by atoms with van der Waals surface area (Å²) >= 11 is 5.98. The van der Waals surface area contributed by atoms with Crippen molar-refractivity contribution in [1.82, 2.24) is 24.6 Å². The van der Waals surface area contributed by atoms with Crippen LogP contribution in [0.25, 0.3) is 10.9 Å².